The number of amides is 1. The first-order chi connectivity index (χ1) is 18.6. The van der Waals surface area contributed by atoms with Gasteiger partial charge in [0.05, 0.1) is 17.9 Å². The summed E-state index contributed by atoms with van der Waals surface area (Å²) in [7, 11) is 0. The number of hydrogen-bond donors (Lipinski definition) is 3. The van der Waals surface area contributed by atoms with Crippen LogP contribution in [0.2, 0.25) is 0 Å². The molecule has 0 aliphatic carbocycles. The van der Waals surface area contributed by atoms with Crippen molar-refractivity contribution >= 4 is 17.3 Å². The number of benzene rings is 1. The standard InChI is InChI=1S/C30H34N4O5/c1-5-10-21(2)24(14-18-39-17-9-15-30(3,4)38)22-13-16-31-26(19-22)32-27(35)25-20-34(29(37)33-28(25)36)23-11-7-6-8-12-23/h5-8,10-14,16,19-20,38H,1,9,15,17-18H2,2-4H3,(H,31,32,35)(H,33,36,37)/b21-10-,24-14+. The molecule has 0 bridgehead atoms. The fraction of sp³-hybridized carbons (Fsp3) is 0.267. The molecule has 0 saturated carbocycles. The number of carbonyl (C=O) groups is 1. The van der Waals surface area contributed by atoms with Crippen molar-refractivity contribution in [3.63, 3.8) is 0 Å². The monoisotopic (exact) mass is 530 g/mol. The van der Waals surface area contributed by atoms with Crippen LogP contribution in [0.5, 0.6) is 0 Å². The third kappa shape index (κ3) is 8.59. The molecule has 0 saturated heterocycles. The first-order valence-corrected chi connectivity index (χ1v) is 12.6. The summed E-state index contributed by atoms with van der Waals surface area (Å²) >= 11 is 0. The maximum atomic E-state index is 13.0. The van der Waals surface area contributed by atoms with Gasteiger partial charge in [-0.1, -0.05) is 43.0 Å². The topological polar surface area (TPSA) is 126 Å². The molecular weight excluding hydrogens is 496 g/mol. The Morgan fingerprint density at radius 3 is 2.67 bits per heavy atom. The Bertz CT molecular complexity index is 1480. The Hall–Kier alpha value is -4.34. The zero-order valence-electron chi connectivity index (χ0n) is 22.4. The maximum absolute atomic E-state index is 13.0. The average molecular weight is 531 g/mol. The number of H-pyrrole nitrogens is 1. The van der Waals surface area contributed by atoms with E-state index in [0.29, 0.717) is 25.3 Å². The lowest BCUT2D eigenvalue weighted by molar-refractivity contribution is 0.0556. The van der Waals surface area contributed by atoms with Crippen LogP contribution in [-0.4, -0.2) is 44.4 Å². The molecule has 0 spiro atoms. The third-order valence-electron chi connectivity index (χ3n) is 5.81. The SMILES string of the molecule is C=C/C=C(C)\C(=C/COCCCC(C)(C)O)c1ccnc(NC(=O)c2cn(-c3ccccc3)c(=O)[nH]c2=O)c1. The number of pyridine rings is 1. The van der Waals surface area contributed by atoms with Crippen LogP contribution in [0.3, 0.4) is 0 Å². The fourth-order valence-corrected chi connectivity index (χ4v) is 3.87. The van der Waals surface area contributed by atoms with Crippen LogP contribution in [-0.2, 0) is 4.74 Å². The number of nitrogens with zero attached hydrogens (tertiary/aromatic N) is 2. The minimum absolute atomic E-state index is 0.233. The van der Waals surface area contributed by atoms with Gasteiger partial charge in [-0.05, 0) is 74.6 Å². The second-order valence-corrected chi connectivity index (χ2v) is 9.59. The van der Waals surface area contributed by atoms with Crippen molar-refractivity contribution < 1.29 is 14.6 Å². The van der Waals surface area contributed by atoms with E-state index in [-0.39, 0.29) is 11.4 Å². The molecule has 9 nitrogen and oxygen atoms in total. The van der Waals surface area contributed by atoms with Crippen LogP contribution in [0.25, 0.3) is 11.3 Å². The lowest BCUT2D eigenvalue weighted by atomic mass is 9.99. The van der Waals surface area contributed by atoms with Gasteiger partial charge < -0.3 is 15.2 Å². The highest BCUT2D eigenvalue weighted by molar-refractivity contribution is 6.03. The largest absolute Gasteiger partial charge is 0.390 e. The minimum Gasteiger partial charge on any atom is -0.390 e. The molecule has 0 fully saturated rings. The van der Waals surface area contributed by atoms with Gasteiger partial charge in [0.2, 0.25) is 0 Å². The molecule has 0 atom stereocenters. The smallest absolute Gasteiger partial charge is 0.332 e. The Labute approximate surface area is 227 Å². The number of para-hydroxylation sites is 1. The predicted octanol–water partition coefficient (Wildman–Crippen LogP) is 4.26. The van der Waals surface area contributed by atoms with E-state index in [4.69, 9.17) is 4.74 Å². The fourth-order valence-electron chi connectivity index (χ4n) is 3.87. The number of hydrogen-bond acceptors (Lipinski definition) is 6. The summed E-state index contributed by atoms with van der Waals surface area (Å²) < 4.78 is 6.94. The zero-order chi connectivity index (χ0) is 28.4. The van der Waals surface area contributed by atoms with Crippen molar-refractivity contribution in [3.8, 4) is 5.69 Å². The van der Waals surface area contributed by atoms with E-state index in [0.717, 1.165) is 23.1 Å². The summed E-state index contributed by atoms with van der Waals surface area (Å²) in [5, 5.41) is 12.5. The van der Waals surface area contributed by atoms with Crippen LogP contribution in [0.1, 0.15) is 49.5 Å². The Morgan fingerprint density at radius 2 is 1.97 bits per heavy atom. The van der Waals surface area contributed by atoms with Crippen LogP contribution in [0.15, 0.2) is 94.8 Å². The van der Waals surface area contributed by atoms with E-state index < -0.39 is 22.8 Å². The lowest BCUT2D eigenvalue weighted by Crippen LogP contribution is -2.34. The van der Waals surface area contributed by atoms with Gasteiger partial charge in [0, 0.05) is 19.0 Å². The van der Waals surface area contributed by atoms with Crippen molar-refractivity contribution in [2.24, 2.45) is 0 Å². The van der Waals surface area contributed by atoms with Gasteiger partial charge in [-0.15, -0.1) is 0 Å². The van der Waals surface area contributed by atoms with Gasteiger partial charge in [0.25, 0.3) is 11.5 Å². The molecule has 2 heterocycles. The van der Waals surface area contributed by atoms with E-state index in [1.807, 2.05) is 19.1 Å². The molecule has 0 radical (unpaired) electrons. The minimum atomic E-state index is -0.798. The number of allylic oxidation sites excluding steroid dienone is 4. The molecule has 0 aliphatic heterocycles. The second-order valence-electron chi connectivity index (χ2n) is 9.59. The number of aromatic amines is 1. The molecule has 3 rings (SSSR count). The number of ether oxygens (including phenoxy) is 1. The van der Waals surface area contributed by atoms with Crippen LogP contribution < -0.4 is 16.6 Å². The van der Waals surface area contributed by atoms with Crippen molar-refractivity contribution in [3.05, 3.63) is 117 Å². The summed E-state index contributed by atoms with van der Waals surface area (Å²) in [6.45, 7) is 10.1. The molecule has 9 heteroatoms. The number of rotatable bonds is 12. The number of aromatic nitrogens is 3. The molecule has 0 aliphatic rings. The number of carbonyl (C=O) groups excluding carboxylic acids is 1. The van der Waals surface area contributed by atoms with E-state index in [2.05, 4.69) is 21.9 Å². The average Bonchev–Trinajstić information content (AvgIpc) is 2.88. The van der Waals surface area contributed by atoms with E-state index in [9.17, 15) is 19.5 Å². The van der Waals surface area contributed by atoms with E-state index in [1.54, 1.807) is 68.6 Å². The highest BCUT2D eigenvalue weighted by Crippen LogP contribution is 2.24. The number of nitrogens with one attached hydrogen (secondary N) is 2. The molecule has 3 N–H and O–H groups in total. The molecule has 204 valence electrons. The maximum Gasteiger partial charge on any atom is 0.332 e. The Balaban J connectivity index is 1.81. The molecule has 0 unspecified atom stereocenters. The quantitative estimate of drug-likeness (QED) is 0.237. The van der Waals surface area contributed by atoms with Gasteiger partial charge in [0.1, 0.15) is 11.4 Å². The van der Waals surface area contributed by atoms with Crippen molar-refractivity contribution in [1.82, 2.24) is 14.5 Å². The molecule has 1 aromatic carbocycles. The molecule has 3 aromatic rings. The highest BCUT2D eigenvalue weighted by atomic mass is 16.5. The summed E-state index contributed by atoms with van der Waals surface area (Å²) in [5.74, 6) is -0.470. The van der Waals surface area contributed by atoms with Crippen molar-refractivity contribution in [1.29, 1.82) is 0 Å². The van der Waals surface area contributed by atoms with E-state index >= 15 is 0 Å². The van der Waals surface area contributed by atoms with Gasteiger partial charge in [-0.2, -0.15) is 0 Å². The molecular formula is C30H34N4O5. The highest BCUT2D eigenvalue weighted by Gasteiger charge is 2.16. The summed E-state index contributed by atoms with van der Waals surface area (Å²) in [6.07, 6.45) is 9.62. The van der Waals surface area contributed by atoms with Crippen LogP contribution >= 0.6 is 0 Å². The molecule has 39 heavy (non-hydrogen) atoms. The van der Waals surface area contributed by atoms with Crippen molar-refractivity contribution in [2.75, 3.05) is 18.5 Å². The van der Waals surface area contributed by atoms with Crippen molar-refractivity contribution in [2.45, 2.75) is 39.2 Å². The Kier molecular flexibility index (Phi) is 10.1. The van der Waals surface area contributed by atoms with Crippen LogP contribution in [0.4, 0.5) is 5.82 Å². The predicted molar refractivity (Wildman–Crippen MR) is 153 cm³/mol. The normalized spacial score (nSPS) is 12.3. The molecule has 1 amide bonds. The summed E-state index contributed by atoms with van der Waals surface area (Å²) in [6, 6.07) is 12.2. The Morgan fingerprint density at radius 1 is 1.23 bits per heavy atom. The van der Waals surface area contributed by atoms with Gasteiger partial charge in [-0.3, -0.25) is 19.1 Å². The van der Waals surface area contributed by atoms with Gasteiger partial charge in [-0.25, -0.2) is 9.78 Å². The first kappa shape index (κ1) is 29.2. The van der Waals surface area contributed by atoms with Gasteiger partial charge in [0.15, 0.2) is 0 Å². The number of anilines is 1. The zero-order valence-corrected chi connectivity index (χ0v) is 22.4. The third-order valence-corrected chi connectivity index (χ3v) is 5.81. The lowest BCUT2D eigenvalue weighted by Gasteiger charge is -2.16. The number of aliphatic hydroxyl groups is 1. The summed E-state index contributed by atoms with van der Waals surface area (Å²) in [4.78, 5) is 44.2. The summed E-state index contributed by atoms with van der Waals surface area (Å²) in [5.41, 5.74) is 0.676. The van der Waals surface area contributed by atoms with E-state index in [1.165, 1.54) is 10.8 Å². The second kappa shape index (κ2) is 13.5. The molecule has 2 aromatic heterocycles. The van der Waals surface area contributed by atoms with Crippen LogP contribution in [0, 0.1) is 0 Å². The first-order valence-electron chi connectivity index (χ1n) is 12.6. The van der Waals surface area contributed by atoms with Gasteiger partial charge >= 0.3 is 5.69 Å².